The zero-order valence-corrected chi connectivity index (χ0v) is 17.9. The van der Waals surface area contributed by atoms with Crippen molar-refractivity contribution in [1.29, 1.82) is 0 Å². The summed E-state index contributed by atoms with van der Waals surface area (Å²) in [6.07, 6.45) is -2.16. The van der Waals surface area contributed by atoms with Gasteiger partial charge in [0.15, 0.2) is 5.75 Å². The van der Waals surface area contributed by atoms with Gasteiger partial charge in [0.1, 0.15) is 0 Å². The number of aromatic nitrogens is 1. The summed E-state index contributed by atoms with van der Waals surface area (Å²) in [5.74, 6) is 0.341. The number of halogens is 3. The third kappa shape index (κ3) is 3.95. The lowest BCUT2D eigenvalue weighted by atomic mass is 9.92. The fraction of sp³-hybridized carbons (Fsp3) is 0.450. The summed E-state index contributed by atoms with van der Waals surface area (Å²) < 4.78 is 38.4. The van der Waals surface area contributed by atoms with Gasteiger partial charge in [0.2, 0.25) is 0 Å². The van der Waals surface area contributed by atoms with Crippen LogP contribution in [-0.2, 0) is 6.54 Å². The van der Waals surface area contributed by atoms with Gasteiger partial charge < -0.3 is 9.47 Å². The molecule has 2 aliphatic rings. The molecule has 150 valence electrons. The molecule has 1 fully saturated rings. The van der Waals surface area contributed by atoms with Gasteiger partial charge in [0, 0.05) is 60.8 Å². The highest BCUT2D eigenvalue weighted by molar-refractivity contribution is 14.1. The Morgan fingerprint density at radius 3 is 2.79 bits per heavy atom. The molecule has 1 saturated heterocycles. The fourth-order valence-electron chi connectivity index (χ4n) is 3.82. The van der Waals surface area contributed by atoms with Crippen LogP contribution < -0.4 is 9.47 Å². The number of fused-ring (bicyclic) bond motifs is 1. The van der Waals surface area contributed by atoms with Gasteiger partial charge in [-0.3, -0.25) is 4.90 Å². The first-order valence-electron chi connectivity index (χ1n) is 9.31. The Bertz CT molecular complexity index is 865. The monoisotopic (exact) mass is 501 g/mol. The average Bonchev–Trinajstić information content (AvgIpc) is 2.98. The fourth-order valence-corrected chi connectivity index (χ4v) is 4.51. The molecule has 1 unspecified atom stereocenters. The second-order valence-electron chi connectivity index (χ2n) is 7.43. The summed E-state index contributed by atoms with van der Waals surface area (Å²) in [6, 6.07) is 10.5. The summed E-state index contributed by atoms with van der Waals surface area (Å²) in [7, 11) is 0. The lowest BCUT2D eigenvalue weighted by Gasteiger charge is -2.39. The van der Waals surface area contributed by atoms with E-state index in [1.807, 2.05) is 0 Å². The van der Waals surface area contributed by atoms with Crippen LogP contribution in [0.5, 0.6) is 11.6 Å². The molecule has 2 aliphatic heterocycles. The van der Waals surface area contributed by atoms with Gasteiger partial charge in [-0.15, -0.1) is 8.78 Å². The average molecular weight is 501 g/mol. The van der Waals surface area contributed by atoms with Crippen LogP contribution in [0, 0.1) is 0 Å². The molecular weight excluding hydrogens is 479 g/mol. The summed E-state index contributed by atoms with van der Waals surface area (Å²) >= 11 is 2.39. The van der Waals surface area contributed by atoms with E-state index in [2.05, 4.69) is 78.7 Å². The van der Waals surface area contributed by atoms with Crippen LogP contribution in [0.1, 0.15) is 42.5 Å². The van der Waals surface area contributed by atoms with E-state index in [4.69, 9.17) is 4.74 Å². The van der Waals surface area contributed by atoms with Gasteiger partial charge in [-0.05, 0) is 23.1 Å². The van der Waals surface area contributed by atoms with Crippen LogP contribution >= 0.6 is 22.9 Å². The van der Waals surface area contributed by atoms with Crippen molar-refractivity contribution in [1.82, 2.24) is 13.0 Å². The van der Waals surface area contributed by atoms with E-state index in [9.17, 15) is 8.78 Å². The number of benzene rings is 1. The summed E-state index contributed by atoms with van der Waals surface area (Å²) in [5, 5.41) is 0. The molecule has 0 bridgehead atoms. The third-order valence-corrected chi connectivity index (χ3v) is 6.31. The minimum atomic E-state index is -3.65. The van der Waals surface area contributed by atoms with Crippen molar-refractivity contribution >= 4 is 22.9 Å². The highest BCUT2D eigenvalue weighted by Crippen LogP contribution is 2.42. The van der Waals surface area contributed by atoms with Crippen molar-refractivity contribution in [3.05, 3.63) is 53.2 Å². The van der Waals surface area contributed by atoms with Crippen LogP contribution in [0.15, 0.2) is 36.5 Å². The standard InChI is InChI=1S/C20H22F2IN3O2/c1-13(2)15-5-3-4-6-16(15)17-12-25(9-10-26(17)23)11-14-7-8-24-19-18(14)27-20(21,22)28-19/h3-8,13,17H,9-12H2,1-2H3. The Balaban J connectivity index is 1.55. The quantitative estimate of drug-likeness (QED) is 0.448. The third-order valence-electron chi connectivity index (χ3n) is 5.16. The number of pyridine rings is 1. The van der Waals surface area contributed by atoms with Crippen molar-refractivity contribution < 1.29 is 18.3 Å². The Morgan fingerprint density at radius 1 is 1.21 bits per heavy atom. The van der Waals surface area contributed by atoms with Crippen molar-refractivity contribution in [2.75, 3.05) is 19.6 Å². The molecule has 3 heterocycles. The number of hydrogen-bond donors (Lipinski definition) is 0. The highest BCUT2D eigenvalue weighted by atomic mass is 127. The van der Waals surface area contributed by atoms with E-state index in [-0.39, 0.29) is 17.7 Å². The zero-order chi connectivity index (χ0) is 19.9. The minimum absolute atomic E-state index is 0.0449. The van der Waals surface area contributed by atoms with Crippen molar-refractivity contribution in [2.24, 2.45) is 0 Å². The van der Waals surface area contributed by atoms with E-state index in [1.165, 1.54) is 17.3 Å². The van der Waals surface area contributed by atoms with Crippen LogP contribution in [-0.4, -0.2) is 38.9 Å². The van der Waals surface area contributed by atoms with Crippen LogP contribution in [0.4, 0.5) is 8.78 Å². The molecule has 0 N–H and O–H groups in total. The normalized spacial score (nSPS) is 22.0. The van der Waals surface area contributed by atoms with Crippen LogP contribution in [0.25, 0.3) is 0 Å². The largest absolute Gasteiger partial charge is 0.587 e. The van der Waals surface area contributed by atoms with E-state index < -0.39 is 6.29 Å². The summed E-state index contributed by atoms with van der Waals surface area (Å²) in [6.45, 7) is 7.45. The number of rotatable bonds is 4. The number of alkyl halides is 2. The van der Waals surface area contributed by atoms with Crippen molar-refractivity contribution in [2.45, 2.75) is 38.6 Å². The van der Waals surface area contributed by atoms with Gasteiger partial charge in [-0.1, -0.05) is 38.1 Å². The van der Waals surface area contributed by atoms with Crippen molar-refractivity contribution in [3.8, 4) is 11.6 Å². The second-order valence-corrected chi connectivity index (χ2v) is 8.67. The number of ether oxygens (including phenoxy) is 2. The maximum Gasteiger partial charge on any atom is 0.587 e. The van der Waals surface area contributed by atoms with Crippen molar-refractivity contribution in [3.63, 3.8) is 0 Å². The maximum atomic E-state index is 13.4. The Labute approximate surface area is 177 Å². The topological polar surface area (TPSA) is 37.8 Å². The second kappa shape index (κ2) is 7.72. The van der Waals surface area contributed by atoms with Gasteiger partial charge in [-0.25, -0.2) is 8.10 Å². The van der Waals surface area contributed by atoms with Crippen LogP contribution in [0.2, 0.25) is 0 Å². The molecule has 0 radical (unpaired) electrons. The number of nitrogens with zero attached hydrogens (tertiary/aromatic N) is 3. The maximum absolute atomic E-state index is 13.4. The number of hydrogen-bond acceptors (Lipinski definition) is 5. The van der Waals surface area contributed by atoms with Gasteiger partial charge in [0.05, 0.1) is 6.04 Å². The first-order chi connectivity index (χ1) is 13.3. The lowest BCUT2D eigenvalue weighted by molar-refractivity contribution is -0.287. The molecule has 0 spiro atoms. The van der Waals surface area contributed by atoms with Gasteiger partial charge in [0.25, 0.3) is 5.88 Å². The van der Waals surface area contributed by atoms with E-state index in [0.717, 1.165) is 19.6 Å². The molecule has 5 nitrogen and oxygen atoms in total. The molecule has 1 aromatic heterocycles. The van der Waals surface area contributed by atoms with Gasteiger partial charge in [-0.2, -0.15) is 0 Å². The lowest BCUT2D eigenvalue weighted by Crippen LogP contribution is -2.44. The Kier molecular flexibility index (Phi) is 5.45. The molecule has 4 rings (SSSR count). The number of piperazine rings is 1. The Morgan fingerprint density at radius 2 is 2.00 bits per heavy atom. The Hall–Kier alpha value is -1.52. The van der Waals surface area contributed by atoms with Gasteiger partial charge >= 0.3 is 6.29 Å². The molecule has 1 aromatic carbocycles. The minimum Gasteiger partial charge on any atom is -0.393 e. The van der Waals surface area contributed by atoms with Crippen LogP contribution in [0.3, 0.4) is 0 Å². The highest BCUT2D eigenvalue weighted by Gasteiger charge is 2.45. The molecular formula is C20H22F2IN3O2. The molecule has 0 amide bonds. The predicted octanol–water partition coefficient (Wildman–Crippen LogP) is 4.74. The molecule has 0 saturated carbocycles. The summed E-state index contributed by atoms with van der Waals surface area (Å²) in [4.78, 5) is 6.13. The van der Waals surface area contributed by atoms with E-state index in [1.54, 1.807) is 6.07 Å². The summed E-state index contributed by atoms with van der Waals surface area (Å²) in [5.41, 5.74) is 3.33. The molecule has 2 aromatic rings. The first kappa shape index (κ1) is 19.8. The van der Waals surface area contributed by atoms with E-state index in [0.29, 0.717) is 18.0 Å². The predicted molar refractivity (Wildman–Crippen MR) is 110 cm³/mol. The molecule has 28 heavy (non-hydrogen) atoms. The molecule has 0 aliphatic carbocycles. The molecule has 8 heteroatoms. The van der Waals surface area contributed by atoms with E-state index >= 15 is 0 Å². The zero-order valence-electron chi connectivity index (χ0n) is 15.7. The SMILES string of the molecule is CC(C)c1ccccc1C1CN(Cc2ccnc3c2OC(F)(F)O3)CCN1I. The first-order valence-corrected chi connectivity index (χ1v) is 10.3. The molecule has 1 atom stereocenters. The smallest absolute Gasteiger partial charge is 0.393 e.